The molecular weight excluding hydrogens is 272 g/mol. The molecule has 0 radical (unpaired) electrons. The van der Waals surface area contributed by atoms with Crippen LogP contribution in [0.2, 0.25) is 0 Å². The third-order valence-electron chi connectivity index (χ3n) is 3.73. The van der Waals surface area contributed by atoms with Crippen LogP contribution in [0.1, 0.15) is 38.8 Å². The predicted octanol–water partition coefficient (Wildman–Crippen LogP) is 1.79. The van der Waals surface area contributed by atoms with Gasteiger partial charge in [-0.05, 0) is 29.9 Å². The van der Waals surface area contributed by atoms with Crippen molar-refractivity contribution in [3.63, 3.8) is 0 Å². The topological polar surface area (TPSA) is 72.2 Å². The Bertz CT molecular complexity index is 530. The summed E-state index contributed by atoms with van der Waals surface area (Å²) in [6, 6.07) is 7.98. The molecule has 0 saturated heterocycles. The van der Waals surface area contributed by atoms with E-state index in [1.54, 1.807) is 6.92 Å². The van der Waals surface area contributed by atoms with Crippen LogP contribution in [0.25, 0.3) is 0 Å². The molecule has 0 spiro atoms. The molecule has 114 valence electrons. The second-order valence-corrected chi connectivity index (χ2v) is 8.86. The number of nitrogens with one attached hydrogen (secondary N) is 1. The Hall–Kier alpha value is -0.910. The van der Waals surface area contributed by atoms with E-state index in [0.29, 0.717) is 6.42 Å². The molecule has 3 N–H and O–H groups in total. The molecule has 0 aliphatic rings. The van der Waals surface area contributed by atoms with Crippen molar-refractivity contribution < 1.29 is 8.42 Å². The second kappa shape index (κ2) is 6.24. The zero-order valence-corrected chi connectivity index (χ0v) is 13.8. The van der Waals surface area contributed by atoms with Gasteiger partial charge in [0.25, 0.3) is 0 Å². The molecule has 4 nitrogen and oxygen atoms in total. The van der Waals surface area contributed by atoms with E-state index >= 15 is 0 Å². The van der Waals surface area contributed by atoms with E-state index in [2.05, 4.69) is 38.3 Å². The van der Waals surface area contributed by atoms with Crippen molar-refractivity contribution in [2.45, 2.75) is 50.8 Å². The Morgan fingerprint density at radius 2 is 1.70 bits per heavy atom. The quantitative estimate of drug-likeness (QED) is 0.642. The van der Waals surface area contributed by atoms with E-state index in [1.807, 2.05) is 12.1 Å². The fraction of sp³-hybridized carbons (Fsp3) is 0.600. The van der Waals surface area contributed by atoms with Gasteiger partial charge in [0.2, 0.25) is 0 Å². The van der Waals surface area contributed by atoms with Crippen LogP contribution in [0.4, 0.5) is 0 Å². The average molecular weight is 298 g/mol. The zero-order valence-electron chi connectivity index (χ0n) is 13.0. The lowest BCUT2D eigenvalue weighted by Gasteiger charge is -2.23. The van der Waals surface area contributed by atoms with Crippen LogP contribution in [-0.2, 0) is 21.7 Å². The highest BCUT2D eigenvalue weighted by molar-refractivity contribution is 7.91. The molecule has 0 fully saturated rings. The molecule has 0 aliphatic heterocycles. The van der Waals surface area contributed by atoms with Gasteiger partial charge in [-0.2, -0.15) is 0 Å². The monoisotopic (exact) mass is 298 g/mol. The highest BCUT2D eigenvalue weighted by Crippen LogP contribution is 2.22. The number of rotatable bonds is 5. The Morgan fingerprint density at radius 1 is 1.20 bits per heavy atom. The van der Waals surface area contributed by atoms with Crippen LogP contribution in [0.15, 0.2) is 24.3 Å². The maximum atomic E-state index is 11.6. The van der Waals surface area contributed by atoms with Crippen molar-refractivity contribution in [3.8, 4) is 0 Å². The Balaban J connectivity index is 2.87. The molecule has 5 heteroatoms. The Kier molecular flexibility index (Phi) is 5.35. The number of hydrogen-bond donors (Lipinski definition) is 2. The third-order valence-corrected chi connectivity index (χ3v) is 5.41. The van der Waals surface area contributed by atoms with Crippen LogP contribution in [-0.4, -0.2) is 26.0 Å². The molecule has 2 atom stereocenters. The molecular formula is C15H26N2O2S. The molecule has 1 aromatic carbocycles. The molecule has 0 aliphatic carbocycles. The highest BCUT2D eigenvalue weighted by atomic mass is 32.2. The summed E-state index contributed by atoms with van der Waals surface area (Å²) in [5.41, 5.74) is 5.08. The fourth-order valence-corrected chi connectivity index (χ4v) is 2.83. The van der Waals surface area contributed by atoms with Crippen molar-refractivity contribution in [1.82, 2.24) is 5.43 Å². The van der Waals surface area contributed by atoms with Gasteiger partial charge in [-0.1, -0.05) is 45.0 Å². The highest BCUT2D eigenvalue weighted by Gasteiger charge is 2.25. The molecule has 2 unspecified atom stereocenters. The number of nitrogens with two attached hydrogens (primary N) is 1. The maximum Gasteiger partial charge on any atom is 0.151 e. The summed E-state index contributed by atoms with van der Waals surface area (Å²) in [5.74, 6) is 5.50. The average Bonchev–Trinajstić information content (AvgIpc) is 2.33. The first kappa shape index (κ1) is 17.1. The summed E-state index contributed by atoms with van der Waals surface area (Å²) >= 11 is 0. The summed E-state index contributed by atoms with van der Waals surface area (Å²) in [6.45, 7) is 8.18. The number of hydrazine groups is 1. The van der Waals surface area contributed by atoms with Gasteiger partial charge in [0.15, 0.2) is 9.84 Å². The lowest BCUT2D eigenvalue weighted by Crippen LogP contribution is -2.47. The van der Waals surface area contributed by atoms with Crippen molar-refractivity contribution >= 4 is 9.84 Å². The van der Waals surface area contributed by atoms with E-state index in [-0.39, 0.29) is 11.5 Å². The molecule has 0 saturated carbocycles. The summed E-state index contributed by atoms with van der Waals surface area (Å²) in [7, 11) is -3.11. The van der Waals surface area contributed by atoms with Gasteiger partial charge in [-0.25, -0.2) is 8.42 Å². The van der Waals surface area contributed by atoms with E-state index in [0.717, 1.165) is 5.56 Å². The van der Waals surface area contributed by atoms with Crippen LogP contribution >= 0.6 is 0 Å². The van der Waals surface area contributed by atoms with E-state index in [1.165, 1.54) is 11.8 Å². The van der Waals surface area contributed by atoms with Crippen LogP contribution in [0, 0.1) is 0 Å². The van der Waals surface area contributed by atoms with Gasteiger partial charge in [0, 0.05) is 12.3 Å². The third kappa shape index (κ3) is 4.58. The first-order chi connectivity index (χ1) is 9.05. The number of hydrogen-bond acceptors (Lipinski definition) is 4. The lowest BCUT2D eigenvalue weighted by atomic mass is 9.86. The summed E-state index contributed by atoms with van der Waals surface area (Å²) in [4.78, 5) is 0. The van der Waals surface area contributed by atoms with Gasteiger partial charge in [-0.3, -0.25) is 11.3 Å². The standard InChI is InChI=1S/C15H26N2O2S/c1-11(20(5,18)19)14(17-16)10-12-6-8-13(9-7-12)15(2,3)4/h6-9,11,14,17H,10,16H2,1-5H3. The van der Waals surface area contributed by atoms with E-state index in [9.17, 15) is 8.42 Å². The van der Waals surface area contributed by atoms with Crippen molar-refractivity contribution in [3.05, 3.63) is 35.4 Å². The minimum Gasteiger partial charge on any atom is -0.271 e. The molecule has 1 aromatic rings. The Labute approximate surface area is 122 Å². The normalized spacial score (nSPS) is 15.9. The summed E-state index contributed by atoms with van der Waals surface area (Å²) in [6.07, 6.45) is 1.83. The van der Waals surface area contributed by atoms with Gasteiger partial charge in [0.05, 0.1) is 5.25 Å². The molecule has 20 heavy (non-hydrogen) atoms. The van der Waals surface area contributed by atoms with Crippen molar-refractivity contribution in [2.75, 3.05) is 6.26 Å². The molecule has 0 heterocycles. The Morgan fingerprint density at radius 3 is 2.05 bits per heavy atom. The van der Waals surface area contributed by atoms with Gasteiger partial charge >= 0.3 is 0 Å². The SMILES string of the molecule is CC(C(Cc1ccc(C(C)(C)C)cc1)NN)S(C)(=O)=O. The van der Waals surface area contributed by atoms with Crippen LogP contribution < -0.4 is 11.3 Å². The summed E-state index contributed by atoms with van der Waals surface area (Å²) in [5, 5.41) is -0.519. The minimum atomic E-state index is -3.11. The lowest BCUT2D eigenvalue weighted by molar-refractivity contribution is 0.494. The number of sulfone groups is 1. The number of benzene rings is 1. The first-order valence-corrected chi connectivity index (χ1v) is 8.75. The molecule has 0 bridgehead atoms. The molecule has 0 amide bonds. The minimum absolute atomic E-state index is 0.115. The first-order valence-electron chi connectivity index (χ1n) is 6.80. The van der Waals surface area contributed by atoms with Crippen molar-refractivity contribution in [1.29, 1.82) is 0 Å². The van der Waals surface area contributed by atoms with Crippen molar-refractivity contribution in [2.24, 2.45) is 5.84 Å². The van der Waals surface area contributed by atoms with Gasteiger partial charge < -0.3 is 0 Å². The maximum absolute atomic E-state index is 11.6. The van der Waals surface area contributed by atoms with E-state index in [4.69, 9.17) is 5.84 Å². The van der Waals surface area contributed by atoms with E-state index < -0.39 is 15.1 Å². The largest absolute Gasteiger partial charge is 0.271 e. The zero-order chi connectivity index (χ0) is 15.6. The fourth-order valence-electron chi connectivity index (χ4n) is 2.05. The predicted molar refractivity (Wildman–Crippen MR) is 84.3 cm³/mol. The summed E-state index contributed by atoms with van der Waals surface area (Å²) < 4.78 is 23.2. The molecule has 0 aromatic heterocycles. The van der Waals surface area contributed by atoms with Crippen LogP contribution in [0.5, 0.6) is 0 Å². The molecule has 1 rings (SSSR count). The van der Waals surface area contributed by atoms with Gasteiger partial charge in [0.1, 0.15) is 0 Å². The van der Waals surface area contributed by atoms with Gasteiger partial charge in [-0.15, -0.1) is 0 Å². The second-order valence-electron chi connectivity index (χ2n) is 6.46. The smallest absolute Gasteiger partial charge is 0.151 e. The van der Waals surface area contributed by atoms with Crippen LogP contribution in [0.3, 0.4) is 0 Å².